The van der Waals surface area contributed by atoms with E-state index >= 15 is 0 Å². The molecule has 0 spiro atoms. The van der Waals surface area contributed by atoms with Crippen LogP contribution in [0.25, 0.3) is 0 Å². The van der Waals surface area contributed by atoms with E-state index in [0.29, 0.717) is 24.2 Å². The van der Waals surface area contributed by atoms with Gasteiger partial charge in [0.1, 0.15) is 5.75 Å². The van der Waals surface area contributed by atoms with Crippen LogP contribution in [0.3, 0.4) is 0 Å². The van der Waals surface area contributed by atoms with Gasteiger partial charge in [0.05, 0.1) is 6.10 Å². The minimum atomic E-state index is 0.202. The SMILES string of the molecule is O=C1CCCN1c1cccc(CNC(=S)Nc2ccc(OC3CCCC3)cc2)c1. The number of rotatable bonds is 6. The molecule has 0 atom stereocenters. The molecule has 1 aliphatic carbocycles. The fraction of sp³-hybridized carbons (Fsp3) is 0.391. The van der Waals surface area contributed by atoms with Gasteiger partial charge >= 0.3 is 0 Å². The van der Waals surface area contributed by atoms with Crippen LogP contribution in [-0.2, 0) is 11.3 Å². The zero-order valence-corrected chi connectivity index (χ0v) is 17.3. The third kappa shape index (κ3) is 5.26. The zero-order valence-electron chi connectivity index (χ0n) is 16.5. The molecule has 1 aliphatic heterocycles. The Bertz CT molecular complexity index is 863. The fourth-order valence-electron chi connectivity index (χ4n) is 3.93. The van der Waals surface area contributed by atoms with E-state index in [-0.39, 0.29) is 5.91 Å². The van der Waals surface area contributed by atoms with Crippen LogP contribution in [0.5, 0.6) is 5.75 Å². The number of carbonyl (C=O) groups excluding carboxylic acids is 1. The Morgan fingerprint density at radius 2 is 1.90 bits per heavy atom. The highest BCUT2D eigenvalue weighted by Crippen LogP contribution is 2.25. The third-order valence-corrected chi connectivity index (χ3v) is 5.71. The van der Waals surface area contributed by atoms with Gasteiger partial charge in [-0.2, -0.15) is 0 Å². The highest BCUT2D eigenvalue weighted by molar-refractivity contribution is 7.80. The summed E-state index contributed by atoms with van der Waals surface area (Å²) in [5, 5.41) is 7.01. The Morgan fingerprint density at radius 3 is 2.62 bits per heavy atom. The van der Waals surface area contributed by atoms with Crippen molar-refractivity contribution < 1.29 is 9.53 Å². The lowest BCUT2D eigenvalue weighted by atomic mass is 10.2. The molecule has 4 rings (SSSR count). The van der Waals surface area contributed by atoms with E-state index in [1.54, 1.807) is 0 Å². The smallest absolute Gasteiger partial charge is 0.227 e. The Balaban J connectivity index is 1.27. The minimum Gasteiger partial charge on any atom is -0.490 e. The van der Waals surface area contributed by atoms with E-state index in [0.717, 1.165) is 48.5 Å². The van der Waals surface area contributed by atoms with Crippen molar-refractivity contribution in [2.24, 2.45) is 0 Å². The average Bonchev–Trinajstić information content (AvgIpc) is 3.40. The van der Waals surface area contributed by atoms with Crippen molar-refractivity contribution >= 4 is 34.6 Å². The number of thiocarbonyl (C=S) groups is 1. The van der Waals surface area contributed by atoms with E-state index in [2.05, 4.69) is 10.6 Å². The molecule has 1 saturated carbocycles. The van der Waals surface area contributed by atoms with Crippen LogP contribution >= 0.6 is 12.2 Å². The topological polar surface area (TPSA) is 53.6 Å². The largest absolute Gasteiger partial charge is 0.490 e. The monoisotopic (exact) mass is 409 g/mol. The Labute approximate surface area is 177 Å². The Hall–Kier alpha value is -2.60. The van der Waals surface area contributed by atoms with Crippen molar-refractivity contribution in [3.63, 3.8) is 0 Å². The highest BCUT2D eigenvalue weighted by Gasteiger charge is 2.21. The van der Waals surface area contributed by atoms with E-state index in [4.69, 9.17) is 17.0 Å². The van der Waals surface area contributed by atoms with Crippen molar-refractivity contribution in [1.82, 2.24) is 5.32 Å². The predicted octanol–water partition coefficient (Wildman–Crippen LogP) is 4.62. The number of amides is 1. The number of benzene rings is 2. The molecule has 29 heavy (non-hydrogen) atoms. The van der Waals surface area contributed by atoms with E-state index in [1.807, 2.05) is 53.4 Å². The summed E-state index contributed by atoms with van der Waals surface area (Å²) in [6, 6.07) is 16.0. The number of carbonyl (C=O) groups is 1. The standard InChI is InChI=1S/C23H27N3O2S/c27-22-9-4-14-26(22)19-6-3-5-17(15-19)16-24-23(29)25-18-10-12-21(13-11-18)28-20-7-1-2-8-20/h3,5-6,10-13,15,20H,1-2,4,7-9,14,16H2,(H2,24,25,29). The zero-order chi connectivity index (χ0) is 20.1. The highest BCUT2D eigenvalue weighted by atomic mass is 32.1. The van der Waals surface area contributed by atoms with Crippen LogP contribution < -0.4 is 20.3 Å². The van der Waals surface area contributed by atoms with Gasteiger partial charge < -0.3 is 20.3 Å². The fourth-order valence-corrected chi connectivity index (χ4v) is 4.12. The van der Waals surface area contributed by atoms with Crippen molar-refractivity contribution in [2.45, 2.75) is 51.2 Å². The number of nitrogens with one attached hydrogen (secondary N) is 2. The van der Waals surface area contributed by atoms with Gasteiger partial charge in [-0.05, 0) is 86.3 Å². The van der Waals surface area contributed by atoms with Gasteiger partial charge in [0.2, 0.25) is 5.91 Å². The lowest BCUT2D eigenvalue weighted by molar-refractivity contribution is -0.117. The summed E-state index contributed by atoms with van der Waals surface area (Å²) in [4.78, 5) is 13.8. The summed E-state index contributed by atoms with van der Waals surface area (Å²) < 4.78 is 6.00. The third-order valence-electron chi connectivity index (χ3n) is 5.47. The van der Waals surface area contributed by atoms with E-state index in [9.17, 15) is 4.79 Å². The van der Waals surface area contributed by atoms with Crippen molar-refractivity contribution in [1.29, 1.82) is 0 Å². The van der Waals surface area contributed by atoms with Gasteiger partial charge in [0.25, 0.3) is 0 Å². The maximum atomic E-state index is 11.9. The second-order valence-corrected chi connectivity index (χ2v) is 8.08. The van der Waals surface area contributed by atoms with Crippen LogP contribution in [0.15, 0.2) is 48.5 Å². The summed E-state index contributed by atoms with van der Waals surface area (Å²) >= 11 is 5.42. The van der Waals surface area contributed by atoms with Crippen LogP contribution in [0, 0.1) is 0 Å². The molecule has 2 aliphatic rings. The molecule has 2 aromatic rings. The average molecular weight is 410 g/mol. The van der Waals surface area contributed by atoms with E-state index < -0.39 is 0 Å². The van der Waals surface area contributed by atoms with Gasteiger partial charge in [-0.3, -0.25) is 4.79 Å². The molecule has 1 saturated heterocycles. The maximum absolute atomic E-state index is 11.9. The summed E-state index contributed by atoms with van der Waals surface area (Å²) in [7, 11) is 0. The number of hydrogen-bond acceptors (Lipinski definition) is 3. The van der Waals surface area contributed by atoms with Crippen molar-refractivity contribution in [3.05, 3.63) is 54.1 Å². The molecule has 152 valence electrons. The summed E-state index contributed by atoms with van der Waals surface area (Å²) in [6.07, 6.45) is 6.77. The second-order valence-electron chi connectivity index (χ2n) is 7.68. The Kier molecular flexibility index (Phi) is 6.30. The van der Waals surface area contributed by atoms with Crippen LogP contribution in [0.1, 0.15) is 44.1 Å². The van der Waals surface area contributed by atoms with Crippen LogP contribution in [0.4, 0.5) is 11.4 Å². The van der Waals surface area contributed by atoms with Crippen molar-refractivity contribution in [2.75, 3.05) is 16.8 Å². The number of hydrogen-bond donors (Lipinski definition) is 2. The quantitative estimate of drug-likeness (QED) is 0.682. The first-order valence-electron chi connectivity index (χ1n) is 10.4. The van der Waals surface area contributed by atoms with Gasteiger partial charge in [0.15, 0.2) is 5.11 Å². The van der Waals surface area contributed by atoms with Gasteiger partial charge in [0, 0.05) is 30.9 Å². The molecular weight excluding hydrogens is 382 g/mol. The molecular formula is C23H27N3O2S. The summed E-state index contributed by atoms with van der Waals surface area (Å²) in [6.45, 7) is 1.40. The molecule has 0 aromatic heterocycles. The molecule has 0 unspecified atom stereocenters. The first kappa shape index (κ1) is 19.7. The van der Waals surface area contributed by atoms with Crippen LogP contribution in [0.2, 0.25) is 0 Å². The number of ether oxygens (including phenoxy) is 1. The first-order valence-corrected chi connectivity index (χ1v) is 10.8. The molecule has 0 radical (unpaired) electrons. The first-order chi connectivity index (χ1) is 14.2. The van der Waals surface area contributed by atoms with Gasteiger partial charge in [-0.15, -0.1) is 0 Å². The molecule has 5 nitrogen and oxygen atoms in total. The minimum absolute atomic E-state index is 0.202. The van der Waals surface area contributed by atoms with Gasteiger partial charge in [-0.1, -0.05) is 12.1 Å². The molecule has 2 aromatic carbocycles. The maximum Gasteiger partial charge on any atom is 0.227 e. The number of anilines is 2. The second kappa shape index (κ2) is 9.27. The molecule has 0 bridgehead atoms. The lowest BCUT2D eigenvalue weighted by Crippen LogP contribution is -2.28. The molecule has 2 fully saturated rings. The predicted molar refractivity (Wildman–Crippen MR) is 120 cm³/mol. The normalized spacial score (nSPS) is 16.8. The van der Waals surface area contributed by atoms with Crippen molar-refractivity contribution in [3.8, 4) is 5.75 Å². The molecule has 6 heteroatoms. The van der Waals surface area contributed by atoms with Gasteiger partial charge in [-0.25, -0.2) is 0 Å². The summed E-state index contributed by atoms with van der Waals surface area (Å²) in [5.41, 5.74) is 2.98. The van der Waals surface area contributed by atoms with Crippen LogP contribution in [-0.4, -0.2) is 23.7 Å². The molecule has 1 heterocycles. The van der Waals surface area contributed by atoms with E-state index in [1.165, 1.54) is 12.8 Å². The molecule has 1 amide bonds. The Morgan fingerprint density at radius 1 is 1.10 bits per heavy atom. The lowest BCUT2D eigenvalue weighted by Gasteiger charge is -2.17. The number of nitrogens with zero attached hydrogens (tertiary/aromatic N) is 1. The summed E-state index contributed by atoms with van der Waals surface area (Å²) in [5.74, 6) is 1.11. The molecule has 2 N–H and O–H groups in total.